The van der Waals surface area contributed by atoms with Gasteiger partial charge in [-0.25, -0.2) is 0 Å². The van der Waals surface area contributed by atoms with Gasteiger partial charge in [-0.05, 0) is 12.8 Å². The molecular formula is C9H16O. The van der Waals surface area contributed by atoms with Crippen molar-refractivity contribution in [2.24, 2.45) is 5.92 Å². The van der Waals surface area contributed by atoms with E-state index < -0.39 is 0 Å². The maximum atomic E-state index is 8.33. The monoisotopic (exact) mass is 140 g/mol. The van der Waals surface area contributed by atoms with Crippen LogP contribution >= 0.6 is 0 Å². The molecule has 0 saturated heterocycles. The number of rotatable bonds is 4. The zero-order valence-corrected chi connectivity index (χ0v) is 6.85. The van der Waals surface area contributed by atoms with E-state index in [1.165, 1.54) is 0 Å². The Hall–Kier alpha value is -0.640. The van der Waals surface area contributed by atoms with E-state index in [4.69, 9.17) is 5.11 Å². The van der Waals surface area contributed by atoms with E-state index in [0.29, 0.717) is 5.92 Å². The highest BCUT2D eigenvalue weighted by Gasteiger charge is 2.00. The van der Waals surface area contributed by atoms with E-state index in [-0.39, 0.29) is 0 Å². The molecule has 10 heavy (non-hydrogen) atoms. The van der Waals surface area contributed by atoms with Crippen molar-refractivity contribution in [1.82, 2.24) is 0 Å². The minimum absolute atomic E-state index is 0.417. The lowest BCUT2D eigenvalue weighted by atomic mass is 10.00. The Morgan fingerprint density at radius 2 is 1.70 bits per heavy atom. The first-order valence-corrected chi connectivity index (χ1v) is 3.99. The molecule has 0 aliphatic rings. The summed E-state index contributed by atoms with van der Waals surface area (Å²) in [5.74, 6) is 3.21. The Balaban J connectivity index is 3.57. The summed E-state index contributed by atoms with van der Waals surface area (Å²) in [6.07, 6.45) is 6.52. The highest BCUT2D eigenvalue weighted by atomic mass is 16.2. The molecule has 0 aliphatic carbocycles. The second-order valence-electron chi connectivity index (χ2n) is 2.53. The molecule has 0 fully saturated rings. The van der Waals surface area contributed by atoms with E-state index in [1.54, 1.807) is 0 Å². The second kappa shape index (κ2) is 6.48. The van der Waals surface area contributed by atoms with Gasteiger partial charge >= 0.3 is 0 Å². The third-order valence-electron chi connectivity index (χ3n) is 1.54. The van der Waals surface area contributed by atoms with Crippen LogP contribution in [-0.2, 0) is 0 Å². The summed E-state index contributed by atoms with van der Waals surface area (Å²) in [4.78, 5) is 0. The average molecular weight is 140 g/mol. The number of aliphatic hydroxyl groups is 1. The molecule has 58 valence electrons. The molecule has 0 amide bonds. The summed E-state index contributed by atoms with van der Waals surface area (Å²) >= 11 is 0. The Morgan fingerprint density at radius 3 is 2.00 bits per heavy atom. The molecule has 0 radical (unpaired) electrons. The van der Waals surface area contributed by atoms with Crippen LogP contribution in [0, 0.1) is 17.9 Å². The lowest BCUT2D eigenvalue weighted by Crippen LogP contribution is -1.95. The molecular weight excluding hydrogens is 124 g/mol. The van der Waals surface area contributed by atoms with Gasteiger partial charge in [0.25, 0.3) is 0 Å². The minimum atomic E-state index is 0.417. The average Bonchev–Trinajstić information content (AvgIpc) is 1.90. The molecule has 1 nitrogen and oxygen atoms in total. The van der Waals surface area contributed by atoms with Gasteiger partial charge in [-0.1, -0.05) is 32.6 Å². The van der Waals surface area contributed by atoms with Gasteiger partial charge in [-0.2, -0.15) is 0 Å². The largest absolute Gasteiger partial charge is 0.462 e. The van der Waals surface area contributed by atoms with Crippen molar-refractivity contribution in [1.29, 1.82) is 0 Å². The van der Waals surface area contributed by atoms with Crippen LogP contribution in [0.5, 0.6) is 0 Å². The zero-order chi connectivity index (χ0) is 7.82. The fourth-order valence-corrected chi connectivity index (χ4v) is 1.08. The molecule has 0 atom stereocenters. The highest BCUT2D eigenvalue weighted by molar-refractivity contribution is 4.96. The van der Waals surface area contributed by atoms with Crippen LogP contribution in [0.4, 0.5) is 0 Å². The van der Waals surface area contributed by atoms with Crippen LogP contribution in [-0.4, -0.2) is 5.11 Å². The SMILES string of the molecule is CCCC(C#CO)CCC. The first-order valence-electron chi connectivity index (χ1n) is 3.99. The van der Waals surface area contributed by atoms with Gasteiger partial charge < -0.3 is 5.11 Å². The molecule has 0 aliphatic heterocycles. The van der Waals surface area contributed by atoms with Gasteiger partial charge in [0.2, 0.25) is 0 Å². The first kappa shape index (κ1) is 9.36. The van der Waals surface area contributed by atoms with E-state index in [9.17, 15) is 0 Å². The molecule has 0 rings (SSSR count). The van der Waals surface area contributed by atoms with Crippen molar-refractivity contribution >= 4 is 0 Å². The quantitative estimate of drug-likeness (QED) is 0.595. The van der Waals surface area contributed by atoms with Crippen molar-refractivity contribution in [2.45, 2.75) is 39.5 Å². The maximum absolute atomic E-state index is 8.33. The van der Waals surface area contributed by atoms with Crippen LogP contribution in [0.1, 0.15) is 39.5 Å². The molecule has 0 heterocycles. The highest BCUT2D eigenvalue weighted by Crippen LogP contribution is 2.11. The summed E-state index contributed by atoms with van der Waals surface area (Å²) in [5, 5.41) is 8.33. The van der Waals surface area contributed by atoms with Gasteiger partial charge in [-0.15, -0.1) is 0 Å². The number of hydrogen-bond acceptors (Lipinski definition) is 1. The zero-order valence-electron chi connectivity index (χ0n) is 6.85. The van der Waals surface area contributed by atoms with Gasteiger partial charge in [0, 0.05) is 5.92 Å². The predicted molar refractivity (Wildman–Crippen MR) is 43.0 cm³/mol. The van der Waals surface area contributed by atoms with E-state index in [0.717, 1.165) is 25.7 Å². The summed E-state index contributed by atoms with van der Waals surface area (Å²) in [5.41, 5.74) is 0. The fourth-order valence-electron chi connectivity index (χ4n) is 1.08. The molecule has 0 unspecified atom stereocenters. The van der Waals surface area contributed by atoms with Gasteiger partial charge in [0.1, 0.15) is 6.11 Å². The van der Waals surface area contributed by atoms with Crippen LogP contribution in [0.3, 0.4) is 0 Å². The first-order chi connectivity index (χ1) is 4.85. The molecule has 0 aromatic heterocycles. The van der Waals surface area contributed by atoms with Gasteiger partial charge in [-0.3, -0.25) is 0 Å². The topological polar surface area (TPSA) is 20.2 Å². The van der Waals surface area contributed by atoms with Crippen molar-refractivity contribution in [3.63, 3.8) is 0 Å². The van der Waals surface area contributed by atoms with Crippen LogP contribution in [0.25, 0.3) is 0 Å². The van der Waals surface area contributed by atoms with E-state index in [1.807, 2.05) is 6.11 Å². The standard InChI is InChI=1S/C9H16O/c1-3-5-9(6-4-2)7-8-10/h9-10H,3-6H2,1-2H3. The number of hydrogen-bond donors (Lipinski definition) is 1. The lowest BCUT2D eigenvalue weighted by molar-refractivity contribution is 0.500. The van der Waals surface area contributed by atoms with Crippen molar-refractivity contribution in [2.75, 3.05) is 0 Å². The second-order valence-corrected chi connectivity index (χ2v) is 2.53. The third kappa shape index (κ3) is 4.26. The van der Waals surface area contributed by atoms with Crippen LogP contribution in [0.2, 0.25) is 0 Å². The number of aliphatic hydroxyl groups excluding tert-OH is 1. The van der Waals surface area contributed by atoms with Crippen molar-refractivity contribution in [3.8, 4) is 12.0 Å². The van der Waals surface area contributed by atoms with Crippen molar-refractivity contribution < 1.29 is 5.11 Å². The summed E-state index contributed by atoms with van der Waals surface area (Å²) < 4.78 is 0. The normalized spacial score (nSPS) is 9.10. The van der Waals surface area contributed by atoms with Crippen LogP contribution in [0.15, 0.2) is 0 Å². The Bertz CT molecular complexity index is 112. The summed E-state index contributed by atoms with van der Waals surface area (Å²) in [7, 11) is 0. The molecule has 1 heteroatoms. The minimum Gasteiger partial charge on any atom is -0.462 e. The van der Waals surface area contributed by atoms with Crippen molar-refractivity contribution in [3.05, 3.63) is 0 Å². The molecule has 0 bridgehead atoms. The van der Waals surface area contributed by atoms with Gasteiger partial charge in [0.05, 0.1) is 0 Å². The summed E-state index contributed by atoms with van der Waals surface area (Å²) in [6, 6.07) is 0. The Kier molecular flexibility index (Phi) is 6.06. The molecule has 0 saturated carbocycles. The molecule has 0 aromatic rings. The van der Waals surface area contributed by atoms with Crippen LogP contribution < -0.4 is 0 Å². The summed E-state index contributed by atoms with van der Waals surface area (Å²) in [6.45, 7) is 4.28. The maximum Gasteiger partial charge on any atom is 0.107 e. The Labute approximate surface area is 63.5 Å². The molecule has 0 spiro atoms. The Morgan fingerprint density at radius 1 is 1.20 bits per heavy atom. The third-order valence-corrected chi connectivity index (χ3v) is 1.54. The van der Waals surface area contributed by atoms with E-state index in [2.05, 4.69) is 19.8 Å². The van der Waals surface area contributed by atoms with E-state index >= 15 is 0 Å². The predicted octanol–water partition coefficient (Wildman–Crippen LogP) is 2.54. The van der Waals surface area contributed by atoms with Gasteiger partial charge in [0.15, 0.2) is 0 Å². The molecule has 1 N–H and O–H groups in total. The lowest BCUT2D eigenvalue weighted by Gasteiger charge is -2.04. The smallest absolute Gasteiger partial charge is 0.107 e. The molecule has 0 aromatic carbocycles. The fraction of sp³-hybridized carbons (Fsp3) is 0.778.